The second-order valence-electron chi connectivity index (χ2n) is 8.84. The number of anilines is 1. The molecule has 1 aliphatic heterocycles. The molecule has 1 aliphatic rings. The number of carbonyl (C=O) groups excluding carboxylic acids is 1. The molecule has 5 N–H and O–H groups in total. The molecular formula is C22H31ClN7O5P. The van der Waals surface area contributed by atoms with Crippen LogP contribution in [0.4, 0.5) is 5.82 Å². The van der Waals surface area contributed by atoms with Crippen LogP contribution >= 0.6 is 20.0 Å². The summed E-state index contributed by atoms with van der Waals surface area (Å²) in [5.41, 5.74) is 13.8. The normalized spacial score (nSPS) is 20.6. The third kappa shape index (κ3) is 6.92. The van der Waals surface area contributed by atoms with Crippen LogP contribution in [0.1, 0.15) is 19.4 Å². The Morgan fingerprint density at radius 3 is 2.69 bits per heavy atom. The molecule has 3 aromatic rings. The number of rotatable bonds is 9. The first-order valence-corrected chi connectivity index (χ1v) is 13.0. The third-order valence-electron chi connectivity index (χ3n) is 5.40. The van der Waals surface area contributed by atoms with E-state index in [-0.39, 0.29) is 37.4 Å². The summed E-state index contributed by atoms with van der Waals surface area (Å²) in [4.78, 5) is 24.4. The monoisotopic (exact) mass is 539 g/mol. The molecule has 1 fully saturated rings. The first-order chi connectivity index (χ1) is 16.7. The van der Waals surface area contributed by atoms with Gasteiger partial charge in [0.25, 0.3) is 0 Å². The predicted molar refractivity (Wildman–Crippen MR) is 137 cm³/mol. The Bertz CT molecular complexity index is 1210. The number of benzene rings is 1. The van der Waals surface area contributed by atoms with E-state index in [9.17, 15) is 9.36 Å². The number of hydrogen-bond acceptors (Lipinski definition) is 10. The Hall–Kier alpha value is -2.76. The van der Waals surface area contributed by atoms with Crippen LogP contribution in [-0.2, 0) is 31.6 Å². The number of fused-ring (bicyclic) bond motifs is 1. The largest absolute Gasteiger partial charge is 0.423 e. The molecule has 0 aliphatic carbocycles. The molecule has 3 heterocycles. The van der Waals surface area contributed by atoms with Crippen LogP contribution in [-0.4, -0.2) is 57.1 Å². The maximum atomic E-state index is 13.0. The number of imidazole rings is 1. The van der Waals surface area contributed by atoms with Crippen molar-refractivity contribution < 1.29 is 23.1 Å². The Morgan fingerprint density at radius 1 is 1.28 bits per heavy atom. The lowest BCUT2D eigenvalue weighted by Crippen LogP contribution is -2.43. The summed E-state index contributed by atoms with van der Waals surface area (Å²) in [6, 6.07) is 6.25. The van der Waals surface area contributed by atoms with Gasteiger partial charge in [0, 0.05) is 6.54 Å². The molecule has 3 atom stereocenters. The first kappa shape index (κ1) is 27.8. The van der Waals surface area contributed by atoms with E-state index in [0.29, 0.717) is 48.2 Å². The zero-order valence-electron chi connectivity index (χ0n) is 20.1. The number of nitrogens with two attached hydrogens (primary N) is 2. The topological polar surface area (TPSA) is 169 Å². The zero-order chi connectivity index (χ0) is 25.0. The van der Waals surface area contributed by atoms with Gasteiger partial charge in [-0.3, -0.25) is 9.32 Å². The summed E-state index contributed by atoms with van der Waals surface area (Å²) < 4.78 is 31.7. The fourth-order valence-electron chi connectivity index (χ4n) is 3.52. The average Bonchev–Trinajstić information content (AvgIpc) is 3.24. The van der Waals surface area contributed by atoms with Crippen molar-refractivity contribution in [3.05, 3.63) is 42.5 Å². The molecule has 1 aromatic carbocycles. The van der Waals surface area contributed by atoms with Crippen molar-refractivity contribution in [3.8, 4) is 5.75 Å². The summed E-state index contributed by atoms with van der Waals surface area (Å²) in [5.74, 6) is 0.844. The van der Waals surface area contributed by atoms with E-state index in [1.54, 1.807) is 35.2 Å². The minimum atomic E-state index is -3.48. The van der Waals surface area contributed by atoms with Crippen molar-refractivity contribution in [2.45, 2.75) is 39.0 Å². The Labute approximate surface area is 215 Å². The number of amides is 1. The van der Waals surface area contributed by atoms with Crippen molar-refractivity contribution in [2.75, 3.05) is 25.2 Å². The average molecular weight is 540 g/mol. The van der Waals surface area contributed by atoms with Crippen molar-refractivity contribution in [1.29, 1.82) is 0 Å². The van der Waals surface area contributed by atoms with E-state index < -0.39 is 13.6 Å². The summed E-state index contributed by atoms with van der Waals surface area (Å²) in [6.45, 7) is 5.09. The minimum Gasteiger partial charge on any atom is -0.423 e. The molecule has 2 aromatic heterocycles. The lowest BCUT2D eigenvalue weighted by Gasteiger charge is -2.29. The molecule has 0 bridgehead atoms. The van der Waals surface area contributed by atoms with E-state index in [1.165, 1.54) is 6.33 Å². The number of carbonyl (C=O) groups is 1. The quantitative estimate of drug-likeness (QED) is 0.342. The molecule has 0 spiro atoms. The zero-order valence-corrected chi connectivity index (χ0v) is 21.8. The molecule has 12 nitrogen and oxygen atoms in total. The van der Waals surface area contributed by atoms with Crippen molar-refractivity contribution >= 4 is 42.9 Å². The van der Waals surface area contributed by atoms with Crippen LogP contribution in [0.25, 0.3) is 11.2 Å². The second kappa shape index (κ2) is 12.0. The highest BCUT2D eigenvalue weighted by Gasteiger charge is 2.35. The summed E-state index contributed by atoms with van der Waals surface area (Å²) >= 11 is 0. The number of nitrogens with one attached hydrogen (secondary N) is 1. The lowest BCUT2D eigenvalue weighted by atomic mass is 10.1. The molecule has 0 saturated carbocycles. The highest BCUT2D eigenvalue weighted by molar-refractivity contribution is 7.54. The van der Waals surface area contributed by atoms with Gasteiger partial charge in [-0.25, -0.2) is 19.5 Å². The molecular weight excluding hydrogens is 509 g/mol. The maximum absolute atomic E-state index is 13.0. The fourth-order valence-corrected chi connectivity index (χ4v) is 4.93. The van der Waals surface area contributed by atoms with Crippen molar-refractivity contribution in [3.63, 3.8) is 0 Å². The van der Waals surface area contributed by atoms with Crippen LogP contribution in [0.15, 0.2) is 36.9 Å². The molecule has 0 radical (unpaired) electrons. The number of aromatic nitrogens is 4. The second-order valence-corrected chi connectivity index (χ2v) is 10.8. The smallest absolute Gasteiger partial charge is 0.404 e. The van der Waals surface area contributed by atoms with Crippen LogP contribution in [0.2, 0.25) is 0 Å². The van der Waals surface area contributed by atoms with Gasteiger partial charge in [0.05, 0.1) is 25.5 Å². The minimum absolute atomic E-state index is 0. The summed E-state index contributed by atoms with van der Waals surface area (Å²) in [6.07, 6.45) is 2.80. The predicted octanol–water partition coefficient (Wildman–Crippen LogP) is 2.12. The van der Waals surface area contributed by atoms with Gasteiger partial charge in [0.15, 0.2) is 17.8 Å². The van der Waals surface area contributed by atoms with Gasteiger partial charge in [-0.2, -0.15) is 0 Å². The van der Waals surface area contributed by atoms with Crippen LogP contribution in [0.3, 0.4) is 0 Å². The van der Waals surface area contributed by atoms with Crippen LogP contribution < -0.4 is 21.3 Å². The van der Waals surface area contributed by atoms with Gasteiger partial charge in [0.1, 0.15) is 23.7 Å². The van der Waals surface area contributed by atoms with Gasteiger partial charge in [-0.15, -0.1) is 12.4 Å². The highest BCUT2D eigenvalue weighted by Crippen LogP contribution is 2.51. The van der Waals surface area contributed by atoms with Gasteiger partial charge >= 0.3 is 7.60 Å². The van der Waals surface area contributed by atoms with Gasteiger partial charge < -0.3 is 30.6 Å². The maximum Gasteiger partial charge on any atom is 0.404 e. The molecule has 196 valence electrons. The Kier molecular flexibility index (Phi) is 9.26. The molecule has 14 heteroatoms. The van der Waals surface area contributed by atoms with E-state index >= 15 is 0 Å². The number of ether oxygens (including phenoxy) is 1. The Balaban J connectivity index is 0.00000361. The van der Waals surface area contributed by atoms with Gasteiger partial charge in [0.2, 0.25) is 5.91 Å². The Morgan fingerprint density at radius 2 is 2.03 bits per heavy atom. The van der Waals surface area contributed by atoms with E-state index in [0.717, 1.165) is 5.56 Å². The van der Waals surface area contributed by atoms with Crippen LogP contribution in [0, 0.1) is 5.92 Å². The molecule has 0 unspecified atom stereocenters. The third-order valence-corrected chi connectivity index (χ3v) is 6.90. The van der Waals surface area contributed by atoms with E-state index in [1.807, 2.05) is 13.8 Å². The molecule has 36 heavy (non-hydrogen) atoms. The lowest BCUT2D eigenvalue weighted by molar-refractivity contribution is -0.122. The van der Waals surface area contributed by atoms with E-state index in [2.05, 4.69) is 20.3 Å². The van der Waals surface area contributed by atoms with E-state index in [4.69, 9.17) is 25.3 Å². The number of halogens is 1. The van der Waals surface area contributed by atoms with Gasteiger partial charge in [-0.1, -0.05) is 26.0 Å². The SMILES string of the molecule is CC(C)CNC(=O)[C@@H](N)Cc1ccc(O[P@]2(=O)CO[C@@H](Cn3cnc4c(N)ncnc43)CO2)cc1.Cl. The summed E-state index contributed by atoms with van der Waals surface area (Å²) in [7, 11) is -3.48. The van der Waals surface area contributed by atoms with Crippen molar-refractivity contribution in [2.24, 2.45) is 11.7 Å². The van der Waals surface area contributed by atoms with Crippen molar-refractivity contribution in [1.82, 2.24) is 24.8 Å². The van der Waals surface area contributed by atoms with Crippen LogP contribution in [0.5, 0.6) is 5.75 Å². The highest BCUT2D eigenvalue weighted by atomic mass is 35.5. The molecule has 1 saturated heterocycles. The van der Waals surface area contributed by atoms with Gasteiger partial charge in [-0.05, 0) is 30.0 Å². The first-order valence-electron chi connectivity index (χ1n) is 11.3. The number of nitrogen functional groups attached to an aromatic ring is 1. The number of nitrogens with zero attached hydrogens (tertiary/aromatic N) is 4. The summed E-state index contributed by atoms with van der Waals surface area (Å²) in [5, 5.41) is 2.83. The standard InChI is InChI=1S/C22H30N7O5P.ClH/c1-14(2)8-25-22(30)18(23)7-15-3-5-16(6-4-15)34-35(31)13-32-17(10-33-35)9-29-12-28-19-20(24)26-11-27-21(19)29;/h3-6,11-12,14,17-18H,7-10,13,23H2,1-2H3,(H,25,30)(H2,24,26,27);1H/t17-,18-,35-;/m0./s1. The molecule has 1 amide bonds. The molecule has 4 rings (SSSR count). The number of hydrogen-bond donors (Lipinski definition) is 3. The fraction of sp³-hybridized carbons (Fsp3) is 0.455.